The molecule has 0 atom stereocenters. The van der Waals surface area contributed by atoms with Crippen LogP contribution in [-0.4, -0.2) is 48.2 Å². The Hall–Kier alpha value is -3.41. The molecule has 6 heteroatoms. The van der Waals surface area contributed by atoms with E-state index in [0.717, 1.165) is 16.7 Å². The molecule has 0 unspecified atom stereocenters. The van der Waals surface area contributed by atoms with Crippen LogP contribution in [0.3, 0.4) is 0 Å². The zero-order chi connectivity index (χ0) is 20.8. The van der Waals surface area contributed by atoms with E-state index >= 15 is 0 Å². The summed E-state index contributed by atoms with van der Waals surface area (Å²) in [5, 5.41) is 12.3. The second kappa shape index (κ2) is 8.99. The lowest BCUT2D eigenvalue weighted by Gasteiger charge is -2.11. The Kier molecular flexibility index (Phi) is 6.71. The van der Waals surface area contributed by atoms with Crippen LogP contribution in [0.15, 0.2) is 42.5 Å². The molecule has 2 rings (SSSR count). The van der Waals surface area contributed by atoms with Crippen LogP contribution in [0.4, 0.5) is 0 Å². The number of carbonyl (C=O) groups is 3. The number of aryl methyl sites for hydroxylation is 2. The minimum absolute atomic E-state index is 0.0826. The number of aromatic hydroxyl groups is 1. The molecule has 146 valence electrons. The predicted molar refractivity (Wildman–Crippen MR) is 108 cm³/mol. The van der Waals surface area contributed by atoms with Gasteiger partial charge in [-0.2, -0.15) is 0 Å². The number of rotatable bonds is 6. The molecule has 0 heterocycles. The van der Waals surface area contributed by atoms with E-state index in [9.17, 15) is 19.5 Å². The third-order valence-corrected chi connectivity index (χ3v) is 4.27. The number of hydrogen-bond donors (Lipinski definition) is 2. The van der Waals surface area contributed by atoms with E-state index in [1.54, 1.807) is 70.4 Å². The van der Waals surface area contributed by atoms with Gasteiger partial charge in [-0.15, -0.1) is 0 Å². The molecular formula is C22H24N2O4. The number of ketones is 1. The smallest absolute Gasteiger partial charge is 0.251 e. The number of nitrogens with zero attached hydrogens (tertiary/aromatic N) is 1. The van der Waals surface area contributed by atoms with Crippen molar-refractivity contribution >= 4 is 23.7 Å². The molecule has 0 bridgehead atoms. The highest BCUT2D eigenvalue weighted by molar-refractivity contribution is 6.07. The van der Waals surface area contributed by atoms with Crippen LogP contribution in [0.5, 0.6) is 5.75 Å². The molecule has 0 aromatic heterocycles. The monoisotopic (exact) mass is 380 g/mol. The Balaban J connectivity index is 2.03. The Labute approximate surface area is 164 Å². The van der Waals surface area contributed by atoms with Crippen molar-refractivity contribution in [1.29, 1.82) is 0 Å². The van der Waals surface area contributed by atoms with Crippen LogP contribution in [0, 0.1) is 13.8 Å². The van der Waals surface area contributed by atoms with Gasteiger partial charge >= 0.3 is 0 Å². The van der Waals surface area contributed by atoms with Gasteiger partial charge in [0.2, 0.25) is 5.91 Å². The molecule has 0 aliphatic rings. The number of phenolic OH excluding ortho intramolecular Hbond substituents is 1. The second-order valence-electron chi connectivity index (χ2n) is 6.75. The first kappa shape index (κ1) is 20.9. The van der Waals surface area contributed by atoms with Gasteiger partial charge in [-0.3, -0.25) is 14.4 Å². The lowest BCUT2D eigenvalue weighted by atomic mass is 10.0. The number of likely N-dealkylation sites (N-methyl/N-ethyl adjacent to an activating group) is 1. The van der Waals surface area contributed by atoms with Crippen molar-refractivity contribution in [3.8, 4) is 5.75 Å². The maximum absolute atomic E-state index is 12.3. The van der Waals surface area contributed by atoms with Gasteiger partial charge in [-0.05, 0) is 60.9 Å². The van der Waals surface area contributed by atoms with Crippen molar-refractivity contribution < 1.29 is 19.5 Å². The highest BCUT2D eigenvalue weighted by Gasteiger charge is 2.10. The van der Waals surface area contributed by atoms with Gasteiger partial charge in [0.25, 0.3) is 5.91 Å². The number of amides is 2. The summed E-state index contributed by atoms with van der Waals surface area (Å²) in [7, 11) is 3.23. The number of phenols is 1. The number of nitrogens with one attached hydrogen (secondary N) is 1. The second-order valence-corrected chi connectivity index (χ2v) is 6.75. The standard InChI is InChI=1S/C22H24N2O4/c1-14-11-16(12-15(2)21(14)27)5-10-19(25)17-6-8-18(9-7-17)22(28)23-13-20(26)24(3)4/h5-12,27H,13H2,1-4H3,(H,23,28)/b10-5+. The van der Waals surface area contributed by atoms with E-state index in [-0.39, 0.29) is 29.9 Å². The molecule has 0 radical (unpaired) electrons. The summed E-state index contributed by atoms with van der Waals surface area (Å²) in [5.41, 5.74) is 3.13. The van der Waals surface area contributed by atoms with E-state index < -0.39 is 0 Å². The van der Waals surface area contributed by atoms with Gasteiger partial charge in [0.05, 0.1) is 6.54 Å². The highest BCUT2D eigenvalue weighted by Crippen LogP contribution is 2.23. The Morgan fingerprint density at radius 2 is 1.54 bits per heavy atom. The molecule has 0 aliphatic carbocycles. The Morgan fingerprint density at radius 3 is 2.07 bits per heavy atom. The molecule has 0 fully saturated rings. The lowest BCUT2D eigenvalue weighted by Crippen LogP contribution is -2.36. The van der Waals surface area contributed by atoms with E-state index in [4.69, 9.17) is 0 Å². The molecule has 2 aromatic carbocycles. The normalized spacial score (nSPS) is 10.7. The zero-order valence-electron chi connectivity index (χ0n) is 16.4. The zero-order valence-corrected chi connectivity index (χ0v) is 16.4. The van der Waals surface area contributed by atoms with Crippen LogP contribution in [0.25, 0.3) is 6.08 Å². The Morgan fingerprint density at radius 1 is 1.00 bits per heavy atom. The quantitative estimate of drug-likeness (QED) is 0.596. The molecule has 2 N–H and O–H groups in total. The van der Waals surface area contributed by atoms with Crippen molar-refractivity contribution in [3.63, 3.8) is 0 Å². The number of allylic oxidation sites excluding steroid dienone is 1. The molecule has 0 aliphatic heterocycles. The first-order valence-electron chi connectivity index (χ1n) is 8.80. The maximum Gasteiger partial charge on any atom is 0.251 e. The SMILES string of the molecule is Cc1cc(/C=C/C(=O)c2ccc(C(=O)NCC(=O)N(C)C)cc2)cc(C)c1O. The molecular weight excluding hydrogens is 356 g/mol. The van der Waals surface area contributed by atoms with Gasteiger partial charge in [-0.25, -0.2) is 0 Å². The maximum atomic E-state index is 12.3. The molecule has 2 amide bonds. The topological polar surface area (TPSA) is 86.7 Å². The average molecular weight is 380 g/mol. The minimum atomic E-state index is -0.375. The third-order valence-electron chi connectivity index (χ3n) is 4.27. The van der Waals surface area contributed by atoms with Crippen LogP contribution in [0.1, 0.15) is 37.4 Å². The van der Waals surface area contributed by atoms with Crippen LogP contribution < -0.4 is 5.32 Å². The molecule has 2 aromatic rings. The van der Waals surface area contributed by atoms with E-state index in [2.05, 4.69) is 5.32 Å². The summed E-state index contributed by atoms with van der Waals surface area (Å²) in [4.78, 5) is 37.3. The number of carbonyl (C=O) groups excluding carboxylic acids is 3. The molecule has 0 saturated carbocycles. The summed E-state index contributed by atoms with van der Waals surface area (Å²) in [6.07, 6.45) is 3.14. The summed E-state index contributed by atoms with van der Waals surface area (Å²) >= 11 is 0. The number of benzene rings is 2. The fraction of sp³-hybridized carbons (Fsp3) is 0.227. The summed E-state index contributed by atoms with van der Waals surface area (Å²) < 4.78 is 0. The van der Waals surface area contributed by atoms with Gasteiger partial charge in [-0.1, -0.05) is 18.2 Å². The fourth-order valence-electron chi connectivity index (χ4n) is 2.56. The van der Waals surface area contributed by atoms with Crippen molar-refractivity contribution in [2.24, 2.45) is 0 Å². The van der Waals surface area contributed by atoms with E-state index in [0.29, 0.717) is 11.1 Å². The van der Waals surface area contributed by atoms with Gasteiger partial charge in [0.15, 0.2) is 5.78 Å². The van der Waals surface area contributed by atoms with Crippen molar-refractivity contribution in [2.75, 3.05) is 20.6 Å². The van der Waals surface area contributed by atoms with Gasteiger partial charge < -0.3 is 15.3 Å². The molecule has 0 spiro atoms. The number of hydrogen-bond acceptors (Lipinski definition) is 4. The summed E-state index contributed by atoms with van der Waals surface area (Å²) in [6.45, 7) is 3.52. The molecule has 6 nitrogen and oxygen atoms in total. The van der Waals surface area contributed by atoms with Crippen molar-refractivity contribution in [1.82, 2.24) is 10.2 Å². The predicted octanol–water partition coefficient (Wildman–Crippen LogP) is 2.72. The van der Waals surface area contributed by atoms with Crippen molar-refractivity contribution in [2.45, 2.75) is 13.8 Å². The van der Waals surface area contributed by atoms with Crippen LogP contribution >= 0.6 is 0 Å². The minimum Gasteiger partial charge on any atom is -0.507 e. The summed E-state index contributed by atoms with van der Waals surface area (Å²) in [6, 6.07) is 9.84. The van der Waals surface area contributed by atoms with E-state index in [1.807, 2.05) is 0 Å². The van der Waals surface area contributed by atoms with Crippen LogP contribution in [0.2, 0.25) is 0 Å². The largest absolute Gasteiger partial charge is 0.507 e. The third kappa shape index (κ3) is 5.30. The average Bonchev–Trinajstić information content (AvgIpc) is 2.67. The van der Waals surface area contributed by atoms with Crippen molar-refractivity contribution in [3.05, 3.63) is 70.3 Å². The van der Waals surface area contributed by atoms with Gasteiger partial charge in [0.1, 0.15) is 5.75 Å². The molecule has 28 heavy (non-hydrogen) atoms. The first-order valence-corrected chi connectivity index (χ1v) is 8.80. The Bertz CT molecular complexity index is 905. The lowest BCUT2D eigenvalue weighted by molar-refractivity contribution is -0.127. The van der Waals surface area contributed by atoms with E-state index in [1.165, 1.54) is 11.0 Å². The first-order chi connectivity index (χ1) is 13.2. The van der Waals surface area contributed by atoms with Crippen LogP contribution in [-0.2, 0) is 4.79 Å². The molecule has 0 saturated heterocycles. The highest BCUT2D eigenvalue weighted by atomic mass is 16.3. The fourth-order valence-corrected chi connectivity index (χ4v) is 2.56. The van der Waals surface area contributed by atoms with Gasteiger partial charge in [0, 0.05) is 25.2 Å². The summed E-state index contributed by atoms with van der Waals surface area (Å²) in [5.74, 6) is -0.521.